The number of para-hydroxylation sites is 1. The molecule has 0 unspecified atom stereocenters. The maximum Gasteiger partial charge on any atom is 2.00 e. The third kappa shape index (κ3) is 5.55. The van der Waals surface area contributed by atoms with Gasteiger partial charge >= 0.3 is 33.0 Å². The minimum absolute atomic E-state index is 0. The van der Waals surface area contributed by atoms with E-state index in [1.165, 1.54) is 11.1 Å². The van der Waals surface area contributed by atoms with Gasteiger partial charge in [0.05, 0.1) is 17.1 Å². The van der Waals surface area contributed by atoms with Crippen molar-refractivity contribution in [1.29, 1.82) is 0 Å². The molecule has 0 aliphatic rings. The molecule has 4 heteroatoms. The number of nitrogens with zero attached hydrogens (tertiary/aromatic N) is 2. The van der Waals surface area contributed by atoms with Crippen molar-refractivity contribution in [2.45, 2.75) is 46.5 Å². The zero-order chi connectivity index (χ0) is 15.4. The van der Waals surface area contributed by atoms with Gasteiger partial charge in [0.15, 0.2) is 0 Å². The summed E-state index contributed by atoms with van der Waals surface area (Å²) in [5, 5.41) is 0. The van der Waals surface area contributed by atoms with Gasteiger partial charge in [-0.1, -0.05) is 52.0 Å². The second-order valence-corrected chi connectivity index (χ2v) is 6.01. The van der Waals surface area contributed by atoms with Crippen LogP contribution < -0.4 is 0 Å². The molecule has 2 aromatic rings. The largest absolute Gasteiger partial charge is 2.00 e. The summed E-state index contributed by atoms with van der Waals surface area (Å²) in [4.78, 5) is 9.32. The predicted molar refractivity (Wildman–Crippen MR) is 90.7 cm³/mol. The summed E-state index contributed by atoms with van der Waals surface area (Å²) in [6, 6.07) is 12.4. The van der Waals surface area contributed by atoms with Gasteiger partial charge in [0.1, 0.15) is 0 Å². The molecule has 0 saturated heterocycles. The van der Waals surface area contributed by atoms with E-state index >= 15 is 0 Å². The third-order valence-corrected chi connectivity index (χ3v) is 3.66. The van der Waals surface area contributed by atoms with Crippen molar-refractivity contribution in [3.63, 3.8) is 0 Å². The molecule has 0 N–H and O–H groups in total. The molecule has 0 radical (unpaired) electrons. The van der Waals surface area contributed by atoms with Crippen LogP contribution in [0, 0.1) is 0 Å². The van der Waals surface area contributed by atoms with Crippen molar-refractivity contribution in [3.8, 4) is 0 Å². The summed E-state index contributed by atoms with van der Waals surface area (Å²) in [6.45, 7) is 10.9. The van der Waals surface area contributed by atoms with E-state index in [0.717, 1.165) is 17.1 Å². The number of aromatic nitrogens is 1. The summed E-state index contributed by atoms with van der Waals surface area (Å²) in [7, 11) is 0. The van der Waals surface area contributed by atoms with E-state index in [4.69, 9.17) is 4.99 Å². The summed E-state index contributed by atoms with van der Waals surface area (Å²) in [5.74, 6) is 0.915. The molecule has 0 spiro atoms. The molecule has 0 atom stereocenters. The van der Waals surface area contributed by atoms with Gasteiger partial charge in [0, 0.05) is 6.20 Å². The molecular weight excluding hydrogens is 374 g/mol. The van der Waals surface area contributed by atoms with Gasteiger partial charge in [0.2, 0.25) is 0 Å². The molecule has 0 fully saturated rings. The monoisotopic (exact) mass is 396 g/mol. The van der Waals surface area contributed by atoms with Gasteiger partial charge in [-0.25, -0.2) is 0 Å². The summed E-state index contributed by atoms with van der Waals surface area (Å²) >= 11 is 0. The van der Waals surface area contributed by atoms with Crippen molar-refractivity contribution in [2.75, 3.05) is 0 Å². The van der Waals surface area contributed by atoms with E-state index < -0.39 is 0 Å². The summed E-state index contributed by atoms with van der Waals surface area (Å²) in [5.41, 5.74) is 5.62. The Morgan fingerprint density at radius 3 is 1.87 bits per heavy atom. The van der Waals surface area contributed by atoms with Gasteiger partial charge in [-0.15, -0.1) is 0 Å². The van der Waals surface area contributed by atoms with Crippen LogP contribution in [0.1, 0.15) is 63.3 Å². The van der Waals surface area contributed by atoms with Crippen molar-refractivity contribution in [2.24, 2.45) is 4.99 Å². The van der Waals surface area contributed by atoms with Gasteiger partial charge in [-0.05, 0) is 42.0 Å². The van der Waals surface area contributed by atoms with Crippen molar-refractivity contribution >= 4 is 11.4 Å². The molecule has 0 aliphatic heterocycles. The molecular formula is C19H24N2Ni2+4. The summed E-state index contributed by atoms with van der Waals surface area (Å²) < 4.78 is 0. The average Bonchev–Trinajstić information content (AvgIpc) is 2.47. The van der Waals surface area contributed by atoms with Crippen molar-refractivity contribution in [1.82, 2.24) is 4.98 Å². The number of hydrogen-bond acceptors (Lipinski definition) is 2. The standard InChI is InChI=1S/C19H24N2.2Ni/c1-13(2)16-9-8-10-17(14(3)4)19(16)21-15(5)18-11-6-7-12-20-18;;/h6-14H,1-5H3;;/q;2*+2. The van der Waals surface area contributed by atoms with Crippen molar-refractivity contribution < 1.29 is 33.0 Å². The Kier molecular flexibility index (Phi) is 9.59. The van der Waals surface area contributed by atoms with E-state index in [-0.39, 0.29) is 33.0 Å². The molecule has 126 valence electrons. The third-order valence-electron chi connectivity index (χ3n) is 3.66. The topological polar surface area (TPSA) is 25.2 Å². The molecule has 0 aliphatic carbocycles. The minimum Gasteiger partial charge on any atom is -0.255 e. The summed E-state index contributed by atoms with van der Waals surface area (Å²) in [6.07, 6.45) is 1.81. The van der Waals surface area contributed by atoms with Crippen LogP contribution in [0.5, 0.6) is 0 Å². The Morgan fingerprint density at radius 1 is 0.870 bits per heavy atom. The van der Waals surface area contributed by atoms with E-state index in [0.29, 0.717) is 11.8 Å². The van der Waals surface area contributed by atoms with Crippen molar-refractivity contribution in [3.05, 3.63) is 59.4 Å². The van der Waals surface area contributed by atoms with Gasteiger partial charge in [-0.3, -0.25) is 9.98 Å². The Labute approximate surface area is 160 Å². The Bertz CT molecular complexity index is 609. The van der Waals surface area contributed by atoms with Gasteiger partial charge < -0.3 is 0 Å². The maximum atomic E-state index is 4.93. The van der Waals surface area contributed by atoms with Crippen LogP contribution in [-0.4, -0.2) is 10.7 Å². The second-order valence-electron chi connectivity index (χ2n) is 6.01. The quantitative estimate of drug-likeness (QED) is 0.496. The molecule has 1 aromatic carbocycles. The number of hydrogen-bond donors (Lipinski definition) is 0. The second kappa shape index (κ2) is 10.0. The fourth-order valence-electron chi connectivity index (χ4n) is 2.44. The zero-order valence-electron chi connectivity index (χ0n) is 14.2. The molecule has 0 saturated carbocycles. The Hall–Kier alpha value is -0.973. The molecule has 23 heavy (non-hydrogen) atoms. The fraction of sp³-hybridized carbons (Fsp3) is 0.368. The minimum atomic E-state index is 0. The first-order valence-corrected chi connectivity index (χ1v) is 7.60. The first-order valence-electron chi connectivity index (χ1n) is 7.60. The average molecular weight is 398 g/mol. The Balaban J connectivity index is 0.00000242. The van der Waals surface area contributed by atoms with Gasteiger partial charge in [-0.2, -0.15) is 0 Å². The Morgan fingerprint density at radius 2 is 1.43 bits per heavy atom. The smallest absolute Gasteiger partial charge is 0.255 e. The molecule has 1 aromatic heterocycles. The number of rotatable bonds is 4. The molecule has 0 bridgehead atoms. The van der Waals surface area contributed by atoms with Crippen LogP contribution in [0.15, 0.2) is 47.6 Å². The van der Waals surface area contributed by atoms with E-state index in [1.54, 1.807) is 0 Å². The van der Waals surface area contributed by atoms with Crippen LogP contribution in [-0.2, 0) is 33.0 Å². The van der Waals surface area contributed by atoms with E-state index in [1.807, 2.05) is 31.3 Å². The van der Waals surface area contributed by atoms with Gasteiger partial charge in [0.25, 0.3) is 0 Å². The SMILES string of the molecule is CC(=Nc1c(C(C)C)cccc1C(C)C)c1ccccn1.[Ni+2].[Ni+2]. The molecule has 1 heterocycles. The first-order chi connectivity index (χ1) is 10.0. The fourth-order valence-corrected chi connectivity index (χ4v) is 2.44. The molecule has 2 nitrogen and oxygen atoms in total. The molecule has 0 amide bonds. The van der Waals surface area contributed by atoms with Crippen LogP contribution in [0.25, 0.3) is 0 Å². The maximum absolute atomic E-state index is 4.93. The van der Waals surface area contributed by atoms with Crippen LogP contribution >= 0.6 is 0 Å². The zero-order valence-corrected chi connectivity index (χ0v) is 16.2. The number of benzene rings is 1. The first kappa shape index (κ1) is 22.0. The molecule has 2 rings (SSSR count). The van der Waals surface area contributed by atoms with Crippen LogP contribution in [0.4, 0.5) is 5.69 Å². The number of aliphatic imine (C=N–C) groups is 1. The van der Waals surface area contributed by atoms with E-state index in [2.05, 4.69) is 50.9 Å². The van der Waals surface area contributed by atoms with Crippen LogP contribution in [0.3, 0.4) is 0 Å². The van der Waals surface area contributed by atoms with E-state index in [9.17, 15) is 0 Å². The number of pyridine rings is 1. The predicted octanol–water partition coefficient (Wildman–Crippen LogP) is 5.46. The normalized spacial score (nSPS) is 11.2. The van der Waals surface area contributed by atoms with Crippen LogP contribution in [0.2, 0.25) is 0 Å².